The number of fused-ring (bicyclic) bond motifs is 1. The van der Waals surface area contributed by atoms with Gasteiger partial charge in [-0.2, -0.15) is 0 Å². The van der Waals surface area contributed by atoms with Crippen molar-refractivity contribution in [3.05, 3.63) is 28.8 Å². The monoisotopic (exact) mass is 232 g/mol. The van der Waals surface area contributed by atoms with E-state index in [1.54, 1.807) is 14.2 Å². The summed E-state index contributed by atoms with van der Waals surface area (Å²) in [6, 6.07) is 3.97. The number of allylic oxidation sites excluding steroid dienone is 2. The van der Waals surface area contributed by atoms with E-state index in [2.05, 4.69) is 27.7 Å². The van der Waals surface area contributed by atoms with Gasteiger partial charge in [0.15, 0.2) is 0 Å². The molecule has 1 aliphatic rings. The molecule has 1 aromatic carbocycles. The molecule has 17 heavy (non-hydrogen) atoms. The van der Waals surface area contributed by atoms with Crippen LogP contribution in [0.4, 0.5) is 0 Å². The van der Waals surface area contributed by atoms with Crippen molar-refractivity contribution in [1.82, 2.24) is 0 Å². The molecule has 1 aromatic rings. The van der Waals surface area contributed by atoms with E-state index in [4.69, 9.17) is 9.47 Å². The van der Waals surface area contributed by atoms with Crippen molar-refractivity contribution in [2.24, 2.45) is 0 Å². The molecule has 0 saturated carbocycles. The van der Waals surface area contributed by atoms with E-state index >= 15 is 0 Å². The van der Waals surface area contributed by atoms with Crippen molar-refractivity contribution in [1.29, 1.82) is 0 Å². The van der Waals surface area contributed by atoms with E-state index in [1.165, 1.54) is 22.3 Å². The third-order valence-electron chi connectivity index (χ3n) is 4.07. The van der Waals surface area contributed by atoms with Crippen molar-refractivity contribution >= 4 is 5.57 Å². The highest BCUT2D eigenvalue weighted by Crippen LogP contribution is 2.52. The maximum Gasteiger partial charge on any atom is 0.126 e. The fourth-order valence-electron chi connectivity index (χ4n) is 2.74. The number of hydrogen-bond acceptors (Lipinski definition) is 2. The molecule has 0 heterocycles. The Hall–Kier alpha value is -1.44. The third-order valence-corrected chi connectivity index (χ3v) is 4.07. The van der Waals surface area contributed by atoms with Gasteiger partial charge in [0.05, 0.1) is 14.2 Å². The first kappa shape index (κ1) is 12.0. The van der Waals surface area contributed by atoms with Crippen LogP contribution in [0.25, 0.3) is 5.57 Å². The van der Waals surface area contributed by atoms with Crippen LogP contribution in [0.1, 0.15) is 38.8 Å². The predicted octanol–water partition coefficient (Wildman–Crippen LogP) is 3.79. The van der Waals surface area contributed by atoms with Crippen LogP contribution in [0.3, 0.4) is 0 Å². The Kier molecular flexibility index (Phi) is 2.69. The average Bonchev–Trinajstić information content (AvgIpc) is 2.51. The number of ether oxygens (including phenoxy) is 2. The molecule has 0 radical (unpaired) electrons. The second-order valence-corrected chi connectivity index (χ2v) is 5.10. The average molecular weight is 232 g/mol. The summed E-state index contributed by atoms with van der Waals surface area (Å²) in [6.07, 6.45) is 0. The summed E-state index contributed by atoms with van der Waals surface area (Å²) in [5.41, 5.74) is 5.15. The van der Waals surface area contributed by atoms with Crippen LogP contribution in [0.2, 0.25) is 0 Å². The molecular weight excluding hydrogens is 212 g/mol. The van der Waals surface area contributed by atoms with Crippen LogP contribution in [0.15, 0.2) is 17.7 Å². The van der Waals surface area contributed by atoms with Crippen LogP contribution in [-0.4, -0.2) is 14.2 Å². The number of rotatable bonds is 2. The van der Waals surface area contributed by atoms with Crippen LogP contribution in [-0.2, 0) is 5.41 Å². The molecule has 92 valence electrons. The van der Waals surface area contributed by atoms with Gasteiger partial charge >= 0.3 is 0 Å². The van der Waals surface area contributed by atoms with Crippen LogP contribution < -0.4 is 9.47 Å². The van der Waals surface area contributed by atoms with E-state index in [-0.39, 0.29) is 5.41 Å². The fraction of sp³-hybridized carbons (Fsp3) is 0.467. The molecule has 0 N–H and O–H groups in total. The van der Waals surface area contributed by atoms with Crippen molar-refractivity contribution in [2.45, 2.75) is 33.1 Å². The van der Waals surface area contributed by atoms with E-state index in [1.807, 2.05) is 12.1 Å². The van der Waals surface area contributed by atoms with Crippen molar-refractivity contribution in [2.75, 3.05) is 14.2 Å². The number of methoxy groups -OCH3 is 2. The zero-order valence-electron chi connectivity index (χ0n) is 11.5. The van der Waals surface area contributed by atoms with E-state index < -0.39 is 0 Å². The molecule has 0 atom stereocenters. The highest BCUT2D eigenvalue weighted by Gasteiger charge is 2.38. The Balaban J connectivity index is 2.81. The molecule has 0 aromatic heterocycles. The Morgan fingerprint density at radius 2 is 1.47 bits per heavy atom. The first-order valence-corrected chi connectivity index (χ1v) is 5.89. The summed E-state index contributed by atoms with van der Waals surface area (Å²) in [5, 5.41) is 0. The molecule has 1 aliphatic carbocycles. The number of hydrogen-bond donors (Lipinski definition) is 0. The molecular formula is C15H20O2. The summed E-state index contributed by atoms with van der Waals surface area (Å²) >= 11 is 0. The van der Waals surface area contributed by atoms with Gasteiger partial charge in [0.1, 0.15) is 11.5 Å². The topological polar surface area (TPSA) is 18.5 Å². The second kappa shape index (κ2) is 3.80. The minimum atomic E-state index is 0.0132. The summed E-state index contributed by atoms with van der Waals surface area (Å²) in [7, 11) is 3.44. The second-order valence-electron chi connectivity index (χ2n) is 5.10. The lowest BCUT2D eigenvalue weighted by molar-refractivity contribution is 0.391. The highest BCUT2D eigenvalue weighted by molar-refractivity contribution is 5.84. The van der Waals surface area contributed by atoms with E-state index in [9.17, 15) is 0 Å². The van der Waals surface area contributed by atoms with E-state index in [0.717, 1.165) is 11.5 Å². The SMILES string of the molecule is COc1ccc(OC)c2c1C(C)=C(C)C2(C)C. The molecule has 0 bridgehead atoms. The smallest absolute Gasteiger partial charge is 0.126 e. The molecule has 0 spiro atoms. The Morgan fingerprint density at radius 1 is 0.941 bits per heavy atom. The van der Waals surface area contributed by atoms with Gasteiger partial charge in [-0.25, -0.2) is 0 Å². The van der Waals surface area contributed by atoms with Gasteiger partial charge < -0.3 is 9.47 Å². The van der Waals surface area contributed by atoms with Gasteiger partial charge in [-0.05, 0) is 31.6 Å². The zero-order chi connectivity index (χ0) is 12.8. The van der Waals surface area contributed by atoms with E-state index in [0.29, 0.717) is 0 Å². The van der Waals surface area contributed by atoms with Gasteiger partial charge in [-0.1, -0.05) is 19.4 Å². The molecule has 0 saturated heterocycles. The zero-order valence-corrected chi connectivity index (χ0v) is 11.5. The normalized spacial score (nSPS) is 17.1. The first-order valence-electron chi connectivity index (χ1n) is 5.89. The molecule has 0 fully saturated rings. The van der Waals surface area contributed by atoms with Crippen molar-refractivity contribution < 1.29 is 9.47 Å². The third kappa shape index (κ3) is 1.47. The van der Waals surface area contributed by atoms with Gasteiger partial charge in [0.2, 0.25) is 0 Å². The molecule has 0 unspecified atom stereocenters. The molecule has 0 amide bonds. The lowest BCUT2D eigenvalue weighted by atomic mass is 9.81. The fourth-order valence-corrected chi connectivity index (χ4v) is 2.74. The summed E-state index contributed by atoms with van der Waals surface area (Å²) in [4.78, 5) is 0. The predicted molar refractivity (Wildman–Crippen MR) is 70.8 cm³/mol. The number of benzene rings is 1. The molecule has 2 rings (SSSR count). The van der Waals surface area contributed by atoms with Crippen molar-refractivity contribution in [3.8, 4) is 11.5 Å². The first-order chi connectivity index (χ1) is 7.95. The minimum Gasteiger partial charge on any atom is -0.496 e. The van der Waals surface area contributed by atoms with Gasteiger partial charge in [0.25, 0.3) is 0 Å². The lowest BCUT2D eigenvalue weighted by Crippen LogP contribution is -2.16. The van der Waals surface area contributed by atoms with Gasteiger partial charge in [-0.15, -0.1) is 0 Å². The standard InChI is InChI=1S/C15H20O2/c1-9-10(2)15(3,4)14-12(17-6)8-7-11(16-5)13(9)14/h7-8H,1-6H3. The Bertz CT molecular complexity index is 496. The minimum absolute atomic E-state index is 0.0132. The molecule has 0 aliphatic heterocycles. The van der Waals surface area contributed by atoms with Crippen molar-refractivity contribution in [3.63, 3.8) is 0 Å². The largest absolute Gasteiger partial charge is 0.496 e. The lowest BCUT2D eigenvalue weighted by Gasteiger charge is -2.24. The van der Waals surface area contributed by atoms with Crippen LogP contribution in [0.5, 0.6) is 11.5 Å². The van der Waals surface area contributed by atoms with Gasteiger partial charge in [0, 0.05) is 16.5 Å². The maximum atomic E-state index is 5.51. The summed E-state index contributed by atoms with van der Waals surface area (Å²) in [6.45, 7) is 8.82. The van der Waals surface area contributed by atoms with Crippen LogP contribution in [0, 0.1) is 0 Å². The Labute approximate surface area is 103 Å². The summed E-state index contributed by atoms with van der Waals surface area (Å²) in [5.74, 6) is 1.88. The Morgan fingerprint density at radius 3 is 2.00 bits per heavy atom. The van der Waals surface area contributed by atoms with Gasteiger partial charge in [-0.3, -0.25) is 0 Å². The summed E-state index contributed by atoms with van der Waals surface area (Å²) < 4.78 is 11.0. The molecule has 2 nitrogen and oxygen atoms in total. The quantitative estimate of drug-likeness (QED) is 0.772. The highest BCUT2D eigenvalue weighted by atomic mass is 16.5. The molecule has 2 heteroatoms. The maximum absolute atomic E-state index is 5.51. The van der Waals surface area contributed by atoms with Crippen LogP contribution >= 0.6 is 0 Å².